The number of ether oxygens (including phenoxy) is 2. The predicted molar refractivity (Wildman–Crippen MR) is 58.4 cm³/mol. The molecule has 0 radical (unpaired) electrons. The fourth-order valence-electron chi connectivity index (χ4n) is 1.87. The van der Waals surface area contributed by atoms with Crippen LogP contribution in [0.1, 0.15) is 39.5 Å². The molecule has 1 unspecified atom stereocenters. The summed E-state index contributed by atoms with van der Waals surface area (Å²) in [5.41, 5.74) is -1.14. The summed E-state index contributed by atoms with van der Waals surface area (Å²) in [7, 11) is 0. The minimum absolute atomic E-state index is 0.255. The zero-order chi connectivity index (χ0) is 12.2. The molecule has 0 aromatic heterocycles. The van der Waals surface area contributed by atoms with Gasteiger partial charge in [0.1, 0.15) is 5.76 Å². The van der Waals surface area contributed by atoms with Crippen LogP contribution in [0.15, 0.2) is 12.3 Å². The van der Waals surface area contributed by atoms with Gasteiger partial charge in [-0.05, 0) is 13.3 Å². The Morgan fingerprint density at radius 3 is 2.69 bits per heavy atom. The molecule has 4 nitrogen and oxygen atoms in total. The van der Waals surface area contributed by atoms with Crippen molar-refractivity contribution in [1.82, 2.24) is 0 Å². The predicted octanol–water partition coefficient (Wildman–Crippen LogP) is 2.19. The Morgan fingerprint density at radius 2 is 2.25 bits per heavy atom. The van der Waals surface area contributed by atoms with Crippen LogP contribution in [0.4, 0.5) is 0 Å². The number of hydrogen-bond donors (Lipinski definition) is 0. The van der Waals surface area contributed by atoms with Crippen molar-refractivity contribution in [3.8, 4) is 0 Å². The van der Waals surface area contributed by atoms with Crippen LogP contribution in [0.5, 0.6) is 0 Å². The molecule has 90 valence electrons. The first-order valence-electron chi connectivity index (χ1n) is 5.64. The highest BCUT2D eigenvalue weighted by Gasteiger charge is 2.53. The van der Waals surface area contributed by atoms with Crippen LogP contribution in [-0.4, -0.2) is 18.5 Å². The van der Waals surface area contributed by atoms with Crippen molar-refractivity contribution in [3.63, 3.8) is 0 Å². The van der Waals surface area contributed by atoms with Crippen LogP contribution in [-0.2, 0) is 19.1 Å². The van der Waals surface area contributed by atoms with Gasteiger partial charge in [0.05, 0.1) is 6.61 Å². The van der Waals surface area contributed by atoms with E-state index < -0.39 is 17.4 Å². The molecule has 1 rings (SSSR count). The van der Waals surface area contributed by atoms with Crippen molar-refractivity contribution >= 4 is 11.9 Å². The average molecular weight is 226 g/mol. The molecule has 1 aliphatic rings. The van der Waals surface area contributed by atoms with Crippen molar-refractivity contribution in [1.29, 1.82) is 0 Å². The maximum atomic E-state index is 11.9. The third-order valence-corrected chi connectivity index (χ3v) is 2.75. The third-order valence-electron chi connectivity index (χ3n) is 2.75. The molecule has 0 aliphatic carbocycles. The topological polar surface area (TPSA) is 52.6 Å². The molecule has 0 saturated carbocycles. The van der Waals surface area contributed by atoms with Crippen LogP contribution < -0.4 is 0 Å². The summed E-state index contributed by atoms with van der Waals surface area (Å²) >= 11 is 0. The SMILES string of the molecule is C=C1CC(CCCC)(C(=O)OCC)C(=O)O1. The first kappa shape index (κ1) is 12.7. The fourth-order valence-corrected chi connectivity index (χ4v) is 1.87. The normalized spacial score (nSPS) is 24.4. The molecule has 4 heteroatoms. The Kier molecular flexibility index (Phi) is 4.10. The minimum Gasteiger partial charge on any atom is -0.465 e. The highest BCUT2D eigenvalue weighted by Crippen LogP contribution is 2.41. The number of esters is 2. The van der Waals surface area contributed by atoms with Gasteiger partial charge in [-0.15, -0.1) is 0 Å². The van der Waals surface area contributed by atoms with Crippen molar-refractivity contribution in [3.05, 3.63) is 12.3 Å². The van der Waals surface area contributed by atoms with Crippen LogP contribution in [0.25, 0.3) is 0 Å². The highest BCUT2D eigenvalue weighted by molar-refractivity contribution is 6.02. The molecule has 0 aromatic rings. The second kappa shape index (κ2) is 5.14. The molecule has 1 atom stereocenters. The van der Waals surface area contributed by atoms with Gasteiger partial charge in [-0.3, -0.25) is 9.59 Å². The number of hydrogen-bond acceptors (Lipinski definition) is 4. The van der Waals surface area contributed by atoms with Crippen molar-refractivity contribution < 1.29 is 19.1 Å². The first-order chi connectivity index (χ1) is 7.56. The highest BCUT2D eigenvalue weighted by atomic mass is 16.6. The van der Waals surface area contributed by atoms with E-state index in [4.69, 9.17) is 9.47 Å². The second-order valence-electron chi connectivity index (χ2n) is 4.01. The van der Waals surface area contributed by atoms with Gasteiger partial charge < -0.3 is 9.47 Å². The van der Waals surface area contributed by atoms with Gasteiger partial charge >= 0.3 is 11.9 Å². The van der Waals surface area contributed by atoms with Crippen molar-refractivity contribution in [2.45, 2.75) is 39.5 Å². The Labute approximate surface area is 95.6 Å². The van der Waals surface area contributed by atoms with Crippen molar-refractivity contribution in [2.75, 3.05) is 6.61 Å². The molecule has 0 N–H and O–H groups in total. The van der Waals surface area contributed by atoms with E-state index >= 15 is 0 Å². The van der Waals surface area contributed by atoms with Gasteiger partial charge in [0.15, 0.2) is 5.41 Å². The van der Waals surface area contributed by atoms with Gasteiger partial charge in [-0.2, -0.15) is 0 Å². The molecule has 1 aliphatic heterocycles. The maximum Gasteiger partial charge on any atom is 0.329 e. The minimum atomic E-state index is -1.14. The Morgan fingerprint density at radius 1 is 1.56 bits per heavy atom. The Bertz CT molecular complexity index is 308. The molecule has 0 amide bonds. The number of cyclic esters (lactones) is 1. The molecule has 0 bridgehead atoms. The largest absolute Gasteiger partial charge is 0.465 e. The maximum absolute atomic E-state index is 11.9. The van der Waals surface area contributed by atoms with E-state index in [9.17, 15) is 9.59 Å². The molecule has 16 heavy (non-hydrogen) atoms. The zero-order valence-electron chi connectivity index (χ0n) is 9.88. The Balaban J connectivity index is 2.88. The van der Waals surface area contributed by atoms with E-state index in [1.807, 2.05) is 6.92 Å². The molecule has 1 fully saturated rings. The van der Waals surface area contributed by atoms with E-state index in [1.54, 1.807) is 6.92 Å². The second-order valence-corrected chi connectivity index (χ2v) is 4.01. The van der Waals surface area contributed by atoms with Gasteiger partial charge in [-0.1, -0.05) is 26.3 Å². The average Bonchev–Trinajstić information content (AvgIpc) is 2.52. The molecule has 0 aromatic carbocycles. The number of allylic oxidation sites excluding steroid dienone is 1. The molecular formula is C12H18O4. The lowest BCUT2D eigenvalue weighted by atomic mass is 9.81. The lowest BCUT2D eigenvalue weighted by Gasteiger charge is -2.21. The molecular weight excluding hydrogens is 208 g/mol. The van der Waals surface area contributed by atoms with E-state index in [1.165, 1.54) is 0 Å². The summed E-state index contributed by atoms with van der Waals surface area (Å²) in [5.74, 6) is -0.634. The Hall–Kier alpha value is -1.32. The van der Waals surface area contributed by atoms with Gasteiger partial charge in [0.2, 0.25) is 0 Å². The molecule has 1 saturated heterocycles. The summed E-state index contributed by atoms with van der Waals surface area (Å²) in [6.07, 6.45) is 2.44. The van der Waals surface area contributed by atoms with E-state index in [-0.39, 0.29) is 13.0 Å². The van der Waals surface area contributed by atoms with Gasteiger partial charge in [-0.25, -0.2) is 0 Å². The third kappa shape index (κ3) is 2.26. The summed E-state index contributed by atoms with van der Waals surface area (Å²) in [4.78, 5) is 23.6. The quantitative estimate of drug-likeness (QED) is 0.532. The lowest BCUT2D eigenvalue weighted by molar-refractivity contribution is -0.164. The number of unbranched alkanes of at least 4 members (excludes halogenated alkanes) is 1. The summed E-state index contributed by atoms with van der Waals surface area (Å²) in [6.45, 7) is 7.60. The monoisotopic (exact) mass is 226 g/mol. The smallest absolute Gasteiger partial charge is 0.329 e. The summed E-state index contributed by atoms with van der Waals surface area (Å²) < 4.78 is 9.87. The van der Waals surface area contributed by atoms with E-state index in [0.29, 0.717) is 12.2 Å². The van der Waals surface area contributed by atoms with Crippen molar-refractivity contribution in [2.24, 2.45) is 5.41 Å². The number of carbonyl (C=O) groups excluding carboxylic acids is 2. The number of carbonyl (C=O) groups is 2. The number of rotatable bonds is 5. The summed E-state index contributed by atoms with van der Waals surface area (Å²) in [6, 6.07) is 0. The van der Waals surface area contributed by atoms with Gasteiger partial charge in [0.25, 0.3) is 0 Å². The lowest BCUT2D eigenvalue weighted by Crippen LogP contribution is -2.37. The van der Waals surface area contributed by atoms with E-state index in [0.717, 1.165) is 12.8 Å². The van der Waals surface area contributed by atoms with Crippen LogP contribution >= 0.6 is 0 Å². The standard InChI is InChI=1S/C12H18O4/c1-4-6-7-12(10(13)15-5-2)8-9(3)16-11(12)14/h3-8H2,1-2H3. The first-order valence-corrected chi connectivity index (χ1v) is 5.64. The zero-order valence-corrected chi connectivity index (χ0v) is 9.88. The summed E-state index contributed by atoms with van der Waals surface area (Å²) in [5, 5.41) is 0. The molecule has 1 heterocycles. The molecule has 0 spiro atoms. The fraction of sp³-hybridized carbons (Fsp3) is 0.667. The van der Waals surface area contributed by atoms with E-state index in [2.05, 4.69) is 6.58 Å². The van der Waals surface area contributed by atoms with Crippen LogP contribution in [0, 0.1) is 5.41 Å². The van der Waals surface area contributed by atoms with Crippen LogP contribution in [0.3, 0.4) is 0 Å². The van der Waals surface area contributed by atoms with Crippen LogP contribution in [0.2, 0.25) is 0 Å². The van der Waals surface area contributed by atoms with Gasteiger partial charge in [0, 0.05) is 6.42 Å².